The Morgan fingerprint density at radius 2 is 1.75 bits per heavy atom. The van der Waals surface area contributed by atoms with E-state index in [4.69, 9.17) is 28.9 Å². The van der Waals surface area contributed by atoms with Crippen molar-refractivity contribution in [1.29, 1.82) is 0 Å². The van der Waals surface area contributed by atoms with Crippen molar-refractivity contribution in [3.8, 4) is 0 Å². The minimum Gasteiger partial charge on any atom is -0.329 e. The molecule has 7 heteroatoms. The molecule has 1 aromatic rings. The second kappa shape index (κ2) is 6.20. The Morgan fingerprint density at radius 1 is 1.20 bits per heavy atom. The van der Waals surface area contributed by atoms with Gasteiger partial charge >= 0.3 is 0 Å². The largest absolute Gasteiger partial charge is 0.329 e. The molecule has 1 aliphatic carbocycles. The van der Waals surface area contributed by atoms with Crippen molar-refractivity contribution in [1.82, 2.24) is 4.72 Å². The van der Waals surface area contributed by atoms with Gasteiger partial charge in [0.2, 0.25) is 10.0 Å². The predicted molar refractivity (Wildman–Crippen MR) is 82.5 cm³/mol. The fourth-order valence-corrected chi connectivity index (χ4v) is 5.03. The second-order valence-corrected chi connectivity index (χ2v) is 7.79. The van der Waals surface area contributed by atoms with Crippen molar-refractivity contribution in [2.24, 2.45) is 5.73 Å². The summed E-state index contributed by atoms with van der Waals surface area (Å²) in [5, 5.41) is 0.715. The maximum absolute atomic E-state index is 12.3. The van der Waals surface area contributed by atoms with Crippen molar-refractivity contribution >= 4 is 33.2 Å². The van der Waals surface area contributed by atoms with Crippen LogP contribution in [0.1, 0.15) is 31.2 Å². The molecule has 0 heterocycles. The zero-order chi connectivity index (χ0) is 14.8. The van der Waals surface area contributed by atoms with Gasteiger partial charge < -0.3 is 5.73 Å². The van der Waals surface area contributed by atoms with Gasteiger partial charge in [0.05, 0.1) is 5.75 Å². The van der Waals surface area contributed by atoms with Gasteiger partial charge in [-0.2, -0.15) is 0 Å². The first-order chi connectivity index (χ1) is 9.37. The molecule has 0 aromatic heterocycles. The molecule has 112 valence electrons. The Balaban J connectivity index is 2.19. The molecule has 1 aromatic carbocycles. The summed E-state index contributed by atoms with van der Waals surface area (Å²) in [7, 11) is -3.53. The van der Waals surface area contributed by atoms with E-state index in [1.165, 1.54) is 0 Å². The fourth-order valence-electron chi connectivity index (χ4n) is 2.63. The highest BCUT2D eigenvalue weighted by atomic mass is 35.5. The third-order valence-electron chi connectivity index (χ3n) is 3.72. The first kappa shape index (κ1) is 16.0. The van der Waals surface area contributed by atoms with E-state index in [2.05, 4.69) is 4.72 Å². The van der Waals surface area contributed by atoms with Crippen LogP contribution >= 0.6 is 23.2 Å². The Bertz CT molecular complexity index is 564. The van der Waals surface area contributed by atoms with Gasteiger partial charge in [0.1, 0.15) is 0 Å². The van der Waals surface area contributed by atoms with Crippen molar-refractivity contribution in [3.63, 3.8) is 0 Å². The number of sulfonamides is 1. The number of benzene rings is 1. The van der Waals surface area contributed by atoms with Crippen molar-refractivity contribution in [3.05, 3.63) is 33.8 Å². The van der Waals surface area contributed by atoms with E-state index in [0.29, 0.717) is 22.2 Å². The summed E-state index contributed by atoms with van der Waals surface area (Å²) in [5.74, 6) is -0.229. The summed E-state index contributed by atoms with van der Waals surface area (Å²) in [5.41, 5.74) is 5.67. The van der Waals surface area contributed by atoms with Crippen LogP contribution in [0.5, 0.6) is 0 Å². The van der Waals surface area contributed by atoms with E-state index >= 15 is 0 Å². The quantitative estimate of drug-likeness (QED) is 0.868. The van der Waals surface area contributed by atoms with Crippen molar-refractivity contribution < 1.29 is 8.42 Å². The van der Waals surface area contributed by atoms with E-state index in [0.717, 1.165) is 25.7 Å². The highest BCUT2D eigenvalue weighted by Gasteiger charge is 2.36. The first-order valence-corrected chi connectivity index (χ1v) is 8.93. The minimum atomic E-state index is -3.53. The number of rotatable bonds is 5. The lowest BCUT2D eigenvalue weighted by Gasteiger charge is -2.28. The average molecular weight is 337 g/mol. The Labute approximate surface area is 129 Å². The topological polar surface area (TPSA) is 72.2 Å². The molecule has 2 rings (SSSR count). The molecule has 0 amide bonds. The normalized spacial score (nSPS) is 18.4. The Hall–Kier alpha value is -0.330. The number of halogens is 2. The minimum absolute atomic E-state index is 0.229. The lowest BCUT2D eigenvalue weighted by Crippen LogP contribution is -2.51. The Kier molecular flexibility index (Phi) is 4.97. The molecule has 0 bridgehead atoms. The molecule has 0 spiro atoms. The van der Waals surface area contributed by atoms with Crippen LogP contribution in [0.3, 0.4) is 0 Å². The van der Waals surface area contributed by atoms with Gasteiger partial charge in [0.15, 0.2) is 0 Å². The van der Waals surface area contributed by atoms with Crippen LogP contribution in [0.25, 0.3) is 0 Å². The SMILES string of the molecule is NCC1(NS(=O)(=O)Cc2c(Cl)cccc2Cl)CCCC1. The van der Waals surface area contributed by atoms with Crippen molar-refractivity contribution in [2.45, 2.75) is 37.0 Å². The zero-order valence-electron chi connectivity index (χ0n) is 11.0. The highest BCUT2D eigenvalue weighted by molar-refractivity contribution is 7.88. The van der Waals surface area contributed by atoms with Crippen LogP contribution in [0.4, 0.5) is 0 Å². The van der Waals surface area contributed by atoms with Gasteiger partial charge in [-0.1, -0.05) is 42.1 Å². The lowest BCUT2D eigenvalue weighted by molar-refractivity contribution is 0.399. The molecule has 4 nitrogen and oxygen atoms in total. The molecule has 0 aliphatic heterocycles. The summed E-state index contributed by atoms with van der Waals surface area (Å²) >= 11 is 12.0. The molecule has 0 saturated heterocycles. The molecule has 1 aliphatic rings. The molecule has 3 N–H and O–H groups in total. The van der Waals surface area contributed by atoms with E-state index < -0.39 is 15.6 Å². The summed E-state index contributed by atoms with van der Waals surface area (Å²) in [6.45, 7) is 0.308. The number of nitrogens with two attached hydrogens (primary N) is 1. The van der Waals surface area contributed by atoms with Crippen LogP contribution < -0.4 is 10.5 Å². The summed E-state index contributed by atoms with van der Waals surface area (Å²) in [4.78, 5) is 0. The zero-order valence-corrected chi connectivity index (χ0v) is 13.4. The molecule has 0 atom stereocenters. The smallest absolute Gasteiger partial charge is 0.216 e. The molecule has 1 saturated carbocycles. The van der Waals surface area contributed by atoms with E-state index in [1.54, 1.807) is 18.2 Å². The Morgan fingerprint density at radius 3 is 2.25 bits per heavy atom. The maximum atomic E-state index is 12.3. The monoisotopic (exact) mass is 336 g/mol. The lowest BCUT2D eigenvalue weighted by atomic mass is 10.0. The first-order valence-electron chi connectivity index (χ1n) is 6.52. The van der Waals surface area contributed by atoms with Gasteiger partial charge in [-0.3, -0.25) is 0 Å². The van der Waals surface area contributed by atoms with Gasteiger partial charge in [-0.25, -0.2) is 13.1 Å². The van der Waals surface area contributed by atoms with Crippen LogP contribution in [-0.4, -0.2) is 20.5 Å². The van der Waals surface area contributed by atoms with Gasteiger partial charge in [-0.15, -0.1) is 0 Å². The number of hydrogen-bond acceptors (Lipinski definition) is 3. The molecule has 0 radical (unpaired) electrons. The van der Waals surface area contributed by atoms with Crippen LogP contribution in [0.2, 0.25) is 10.0 Å². The second-order valence-electron chi connectivity index (χ2n) is 5.25. The summed E-state index contributed by atoms with van der Waals surface area (Å²) in [6.07, 6.45) is 3.54. The number of nitrogens with one attached hydrogen (secondary N) is 1. The standard InChI is InChI=1S/C13H18Cl2N2O2S/c14-11-4-3-5-12(15)10(11)8-20(18,19)17-13(9-16)6-1-2-7-13/h3-5,17H,1-2,6-9,16H2. The highest BCUT2D eigenvalue weighted by Crippen LogP contribution is 2.31. The maximum Gasteiger partial charge on any atom is 0.216 e. The average Bonchev–Trinajstić information content (AvgIpc) is 2.82. The molecule has 0 unspecified atom stereocenters. The molecule has 1 fully saturated rings. The fraction of sp³-hybridized carbons (Fsp3) is 0.538. The van der Waals surface area contributed by atoms with Gasteiger partial charge in [-0.05, 0) is 25.0 Å². The molecular formula is C13H18Cl2N2O2S. The summed E-state index contributed by atoms with van der Waals surface area (Å²) < 4.78 is 27.4. The van der Waals surface area contributed by atoms with E-state index in [9.17, 15) is 8.42 Å². The summed E-state index contributed by atoms with van der Waals surface area (Å²) in [6, 6.07) is 4.95. The number of hydrogen-bond donors (Lipinski definition) is 2. The molecular weight excluding hydrogens is 319 g/mol. The van der Waals surface area contributed by atoms with Crippen LogP contribution in [-0.2, 0) is 15.8 Å². The van der Waals surface area contributed by atoms with Crippen LogP contribution in [0.15, 0.2) is 18.2 Å². The third-order valence-corrected chi connectivity index (χ3v) is 5.84. The van der Waals surface area contributed by atoms with Gasteiger partial charge in [0, 0.05) is 27.7 Å². The molecule has 20 heavy (non-hydrogen) atoms. The van der Waals surface area contributed by atoms with Gasteiger partial charge in [0.25, 0.3) is 0 Å². The van der Waals surface area contributed by atoms with Crippen LogP contribution in [0, 0.1) is 0 Å². The van der Waals surface area contributed by atoms with E-state index in [1.807, 2.05) is 0 Å². The van der Waals surface area contributed by atoms with Crippen molar-refractivity contribution in [2.75, 3.05) is 6.54 Å². The van der Waals surface area contributed by atoms with E-state index in [-0.39, 0.29) is 5.75 Å². The third kappa shape index (κ3) is 3.65. The predicted octanol–water partition coefficient (Wildman–Crippen LogP) is 2.68.